The van der Waals surface area contributed by atoms with Crippen molar-refractivity contribution in [2.75, 3.05) is 13.1 Å². The molecule has 2 fully saturated rings. The molecule has 0 N–H and O–H groups in total. The zero-order valence-corrected chi connectivity index (χ0v) is 21.5. The standard InChI is InChI=1S/C32H38N4/c1(11-21-33-31-23-13-3-7-17-27(23)35-28-18-8-4-14-24(28)31)2-12-22-34-32-25-15-5-9-19-29(25)36-30-20-10-6-16-26(30)32/h3,5,7,9,13,15,17,19,24,26H,1-2,4,6,8,10-12,14,16,18,20-22H2. The first-order chi connectivity index (χ1) is 17.9. The molecule has 0 radical (unpaired) electrons. The lowest BCUT2D eigenvalue weighted by molar-refractivity contribution is 0.604. The highest BCUT2D eigenvalue weighted by molar-refractivity contribution is 6.21. The summed E-state index contributed by atoms with van der Waals surface area (Å²) < 4.78 is 0. The van der Waals surface area contributed by atoms with E-state index in [-0.39, 0.29) is 0 Å². The molecular weight excluding hydrogens is 440 g/mol. The van der Waals surface area contributed by atoms with Crippen molar-refractivity contribution in [3.63, 3.8) is 0 Å². The third kappa shape index (κ3) is 4.87. The van der Waals surface area contributed by atoms with Crippen molar-refractivity contribution in [2.24, 2.45) is 31.8 Å². The number of unbranched alkanes of at least 4 members (excludes halogenated alkanes) is 3. The molecule has 4 aliphatic rings. The Hall–Kier alpha value is -2.88. The van der Waals surface area contributed by atoms with Gasteiger partial charge >= 0.3 is 0 Å². The Labute approximate surface area is 215 Å². The van der Waals surface area contributed by atoms with Gasteiger partial charge in [-0.05, 0) is 63.5 Å². The minimum Gasteiger partial charge on any atom is -0.288 e. The van der Waals surface area contributed by atoms with Crippen LogP contribution in [-0.4, -0.2) is 35.9 Å². The van der Waals surface area contributed by atoms with E-state index in [9.17, 15) is 0 Å². The fraction of sp³-hybridized carbons (Fsp3) is 0.500. The molecule has 2 aliphatic heterocycles. The molecule has 4 heteroatoms. The number of hydrogen-bond donors (Lipinski definition) is 0. The van der Waals surface area contributed by atoms with E-state index in [1.165, 1.54) is 85.3 Å². The maximum absolute atomic E-state index is 5.17. The van der Waals surface area contributed by atoms with Gasteiger partial charge in [-0.1, -0.05) is 62.1 Å². The van der Waals surface area contributed by atoms with E-state index in [1.54, 1.807) is 0 Å². The van der Waals surface area contributed by atoms with Gasteiger partial charge in [0.05, 0.1) is 22.8 Å². The summed E-state index contributed by atoms with van der Waals surface area (Å²) in [5.74, 6) is 0.909. The van der Waals surface area contributed by atoms with Crippen LogP contribution in [0.25, 0.3) is 0 Å². The molecule has 0 saturated heterocycles. The van der Waals surface area contributed by atoms with Crippen LogP contribution in [0.15, 0.2) is 68.5 Å². The van der Waals surface area contributed by atoms with Crippen LogP contribution >= 0.6 is 0 Å². The van der Waals surface area contributed by atoms with Gasteiger partial charge in [0.2, 0.25) is 0 Å². The zero-order valence-electron chi connectivity index (χ0n) is 21.5. The van der Waals surface area contributed by atoms with E-state index in [0.29, 0.717) is 11.8 Å². The quantitative estimate of drug-likeness (QED) is 0.361. The Kier molecular flexibility index (Phi) is 7.20. The average Bonchev–Trinajstić information content (AvgIpc) is 2.93. The van der Waals surface area contributed by atoms with Gasteiger partial charge in [0, 0.05) is 47.5 Å². The smallest absolute Gasteiger partial charge is 0.0720 e. The topological polar surface area (TPSA) is 49.4 Å². The predicted octanol–water partition coefficient (Wildman–Crippen LogP) is 8.08. The number of aliphatic imine (C=N–C) groups is 4. The van der Waals surface area contributed by atoms with Gasteiger partial charge in [-0.25, -0.2) is 0 Å². The number of nitrogens with zero attached hydrogens (tertiary/aromatic N) is 4. The van der Waals surface area contributed by atoms with Gasteiger partial charge in [0.25, 0.3) is 0 Å². The molecule has 2 aromatic rings. The molecule has 2 aromatic carbocycles. The summed E-state index contributed by atoms with van der Waals surface area (Å²) in [4.78, 5) is 20.3. The van der Waals surface area contributed by atoms with Gasteiger partial charge in [0.1, 0.15) is 0 Å². The minimum atomic E-state index is 0.455. The second-order valence-electron chi connectivity index (χ2n) is 10.8. The molecule has 6 rings (SSSR count). The molecule has 2 heterocycles. The van der Waals surface area contributed by atoms with Crippen LogP contribution in [-0.2, 0) is 0 Å². The molecule has 0 amide bonds. The van der Waals surface area contributed by atoms with Gasteiger partial charge in [-0.2, -0.15) is 0 Å². The molecule has 4 nitrogen and oxygen atoms in total. The van der Waals surface area contributed by atoms with Crippen LogP contribution in [0, 0.1) is 11.8 Å². The number of fused-ring (bicyclic) bond motifs is 4. The first-order valence-corrected chi connectivity index (χ1v) is 14.3. The third-order valence-electron chi connectivity index (χ3n) is 8.33. The predicted molar refractivity (Wildman–Crippen MR) is 152 cm³/mol. The second-order valence-corrected chi connectivity index (χ2v) is 10.8. The van der Waals surface area contributed by atoms with E-state index in [4.69, 9.17) is 20.0 Å². The maximum Gasteiger partial charge on any atom is 0.0720 e. The normalized spacial score (nSPS) is 24.9. The van der Waals surface area contributed by atoms with Crippen LogP contribution in [0.5, 0.6) is 0 Å². The van der Waals surface area contributed by atoms with Crippen molar-refractivity contribution in [3.05, 3.63) is 59.7 Å². The van der Waals surface area contributed by atoms with Gasteiger partial charge < -0.3 is 0 Å². The fourth-order valence-electron chi connectivity index (χ4n) is 6.47. The second kappa shape index (κ2) is 11.0. The Balaban J connectivity index is 1.03. The lowest BCUT2D eigenvalue weighted by atomic mass is 9.79. The van der Waals surface area contributed by atoms with Gasteiger partial charge in [-0.15, -0.1) is 0 Å². The monoisotopic (exact) mass is 478 g/mol. The molecule has 0 bridgehead atoms. The molecule has 2 aliphatic carbocycles. The van der Waals surface area contributed by atoms with Crippen molar-refractivity contribution in [3.8, 4) is 0 Å². The molecule has 0 aromatic heterocycles. The highest BCUT2D eigenvalue weighted by Crippen LogP contribution is 2.37. The molecule has 2 saturated carbocycles. The van der Waals surface area contributed by atoms with E-state index < -0.39 is 0 Å². The third-order valence-corrected chi connectivity index (χ3v) is 8.33. The van der Waals surface area contributed by atoms with E-state index in [2.05, 4.69) is 48.5 Å². The van der Waals surface area contributed by atoms with Crippen molar-refractivity contribution in [1.82, 2.24) is 0 Å². The minimum absolute atomic E-state index is 0.455. The van der Waals surface area contributed by atoms with E-state index in [0.717, 1.165) is 50.1 Å². The maximum atomic E-state index is 5.17. The average molecular weight is 479 g/mol. The summed E-state index contributed by atoms with van der Waals surface area (Å²) in [6.07, 6.45) is 14.6. The Morgan fingerprint density at radius 3 is 1.56 bits per heavy atom. The van der Waals surface area contributed by atoms with E-state index in [1.807, 2.05) is 0 Å². The Morgan fingerprint density at radius 2 is 1.06 bits per heavy atom. The molecule has 36 heavy (non-hydrogen) atoms. The number of benzene rings is 2. The number of hydrogen-bond acceptors (Lipinski definition) is 4. The van der Waals surface area contributed by atoms with Gasteiger partial charge in [0.15, 0.2) is 0 Å². The van der Waals surface area contributed by atoms with Crippen LogP contribution in [0.1, 0.15) is 88.2 Å². The van der Waals surface area contributed by atoms with Crippen LogP contribution in [0.3, 0.4) is 0 Å². The fourth-order valence-corrected chi connectivity index (χ4v) is 6.47. The molecule has 186 valence electrons. The Bertz CT molecular complexity index is 1120. The first-order valence-electron chi connectivity index (χ1n) is 14.3. The van der Waals surface area contributed by atoms with Crippen molar-refractivity contribution in [1.29, 1.82) is 0 Å². The van der Waals surface area contributed by atoms with Crippen LogP contribution < -0.4 is 0 Å². The molecule has 0 spiro atoms. The van der Waals surface area contributed by atoms with Crippen molar-refractivity contribution in [2.45, 2.75) is 77.0 Å². The summed E-state index contributed by atoms with van der Waals surface area (Å²) in [5, 5.41) is 0. The largest absolute Gasteiger partial charge is 0.288 e. The summed E-state index contributed by atoms with van der Waals surface area (Å²) in [5.41, 5.74) is 10.1. The summed E-state index contributed by atoms with van der Waals surface area (Å²) in [6, 6.07) is 17.2. The molecular formula is C32H38N4. The summed E-state index contributed by atoms with van der Waals surface area (Å²) in [6.45, 7) is 1.86. The highest BCUT2D eigenvalue weighted by Gasteiger charge is 2.32. The van der Waals surface area contributed by atoms with Gasteiger partial charge in [-0.3, -0.25) is 20.0 Å². The van der Waals surface area contributed by atoms with Crippen molar-refractivity contribution < 1.29 is 0 Å². The lowest BCUT2D eigenvalue weighted by Crippen LogP contribution is -2.31. The van der Waals surface area contributed by atoms with Crippen LogP contribution in [0.4, 0.5) is 11.4 Å². The first kappa shape index (κ1) is 23.5. The number of rotatable bonds is 7. The highest BCUT2D eigenvalue weighted by atomic mass is 14.8. The SMILES string of the molecule is c1ccc2c(c1)N=C1CCCCC1C2=NCCCCCCN=C1c2ccccc2N=C2CCCCC21. The summed E-state index contributed by atoms with van der Waals surface area (Å²) in [7, 11) is 0. The lowest BCUT2D eigenvalue weighted by Gasteiger charge is -2.30. The van der Waals surface area contributed by atoms with Crippen LogP contribution in [0.2, 0.25) is 0 Å². The van der Waals surface area contributed by atoms with E-state index >= 15 is 0 Å². The summed E-state index contributed by atoms with van der Waals surface area (Å²) >= 11 is 0. The number of para-hydroxylation sites is 2. The Morgan fingerprint density at radius 1 is 0.583 bits per heavy atom. The molecule has 2 atom stereocenters. The van der Waals surface area contributed by atoms with Crippen molar-refractivity contribution >= 4 is 34.2 Å². The zero-order chi connectivity index (χ0) is 24.2. The molecule has 2 unspecified atom stereocenters.